The number of carboxylic acid groups (broad SMARTS) is 1. The first-order chi connectivity index (χ1) is 8.65. The van der Waals surface area contributed by atoms with E-state index in [1.165, 1.54) is 6.26 Å². The Morgan fingerprint density at radius 3 is 2.89 bits per heavy atom. The molecule has 0 aliphatic rings. The van der Waals surface area contributed by atoms with Crippen LogP contribution in [0.2, 0.25) is 0 Å². The third-order valence-electron chi connectivity index (χ3n) is 2.93. The Hall–Kier alpha value is -1.81. The summed E-state index contributed by atoms with van der Waals surface area (Å²) in [7, 11) is 0. The summed E-state index contributed by atoms with van der Waals surface area (Å²) >= 11 is 3.43. The van der Waals surface area contributed by atoms with Gasteiger partial charge in [-0.15, -0.1) is 0 Å². The largest absolute Gasteiger partial charge is 0.481 e. The van der Waals surface area contributed by atoms with Gasteiger partial charge in [0.05, 0.1) is 12.7 Å². The normalized spacial score (nSPS) is 11.2. The van der Waals surface area contributed by atoms with Crippen LogP contribution in [0.1, 0.15) is 5.56 Å². The highest BCUT2D eigenvalue weighted by Gasteiger charge is 2.12. The summed E-state index contributed by atoms with van der Waals surface area (Å²) in [4.78, 5) is 10.9. The molecular formula is C14H9BrO3. The van der Waals surface area contributed by atoms with Gasteiger partial charge in [-0.05, 0) is 29.0 Å². The van der Waals surface area contributed by atoms with E-state index < -0.39 is 5.97 Å². The number of hydrogen-bond donors (Lipinski definition) is 1. The highest BCUT2D eigenvalue weighted by molar-refractivity contribution is 9.10. The van der Waals surface area contributed by atoms with E-state index in [-0.39, 0.29) is 6.42 Å². The molecule has 0 radical (unpaired) electrons. The van der Waals surface area contributed by atoms with Crippen molar-refractivity contribution < 1.29 is 14.3 Å². The van der Waals surface area contributed by atoms with E-state index in [4.69, 9.17) is 9.52 Å². The summed E-state index contributed by atoms with van der Waals surface area (Å²) in [5.74, 6) is -0.855. The third-order valence-corrected chi connectivity index (χ3v) is 3.43. The molecular weight excluding hydrogens is 296 g/mol. The van der Waals surface area contributed by atoms with Gasteiger partial charge in [0, 0.05) is 15.4 Å². The minimum atomic E-state index is -0.855. The van der Waals surface area contributed by atoms with Crippen LogP contribution in [0.3, 0.4) is 0 Å². The van der Waals surface area contributed by atoms with Crippen LogP contribution < -0.4 is 0 Å². The lowest BCUT2D eigenvalue weighted by Gasteiger charge is -2.01. The summed E-state index contributed by atoms with van der Waals surface area (Å²) < 4.78 is 6.41. The summed E-state index contributed by atoms with van der Waals surface area (Å²) in [5.41, 5.74) is 1.44. The van der Waals surface area contributed by atoms with Crippen LogP contribution in [0.25, 0.3) is 21.7 Å². The number of carboxylic acids is 1. The molecule has 90 valence electrons. The average molecular weight is 305 g/mol. The Kier molecular flexibility index (Phi) is 2.59. The molecule has 1 N–H and O–H groups in total. The minimum Gasteiger partial charge on any atom is -0.481 e. The summed E-state index contributed by atoms with van der Waals surface area (Å²) in [6, 6.07) is 9.76. The quantitative estimate of drug-likeness (QED) is 0.779. The second-order valence-electron chi connectivity index (χ2n) is 4.14. The van der Waals surface area contributed by atoms with E-state index in [0.717, 1.165) is 26.2 Å². The van der Waals surface area contributed by atoms with Gasteiger partial charge in [-0.1, -0.05) is 28.1 Å². The molecule has 0 fully saturated rings. The van der Waals surface area contributed by atoms with Gasteiger partial charge in [0.15, 0.2) is 0 Å². The van der Waals surface area contributed by atoms with Crippen LogP contribution in [0, 0.1) is 0 Å². The van der Waals surface area contributed by atoms with Gasteiger partial charge in [0.2, 0.25) is 0 Å². The van der Waals surface area contributed by atoms with Crippen LogP contribution in [0.15, 0.2) is 45.5 Å². The van der Waals surface area contributed by atoms with Gasteiger partial charge < -0.3 is 9.52 Å². The predicted molar refractivity (Wildman–Crippen MR) is 72.8 cm³/mol. The predicted octanol–water partition coefficient (Wildman–Crippen LogP) is 3.98. The lowest BCUT2D eigenvalue weighted by molar-refractivity contribution is -0.136. The standard InChI is InChI=1S/C14H9BrO3/c15-10-2-3-11-8(5-10)1-4-12-14(11)9(7-18-12)6-13(16)17/h1-5,7H,6H2,(H,16,17). The molecule has 3 aromatic rings. The summed E-state index contributed by atoms with van der Waals surface area (Å²) in [5, 5.41) is 11.9. The van der Waals surface area contributed by atoms with Gasteiger partial charge >= 0.3 is 5.97 Å². The van der Waals surface area contributed by atoms with Gasteiger partial charge in [0.1, 0.15) is 5.58 Å². The zero-order chi connectivity index (χ0) is 12.7. The second-order valence-corrected chi connectivity index (χ2v) is 5.05. The van der Waals surface area contributed by atoms with Crippen molar-refractivity contribution in [3.63, 3.8) is 0 Å². The fraction of sp³-hybridized carbons (Fsp3) is 0.0714. The Morgan fingerprint density at radius 1 is 1.28 bits per heavy atom. The van der Waals surface area contributed by atoms with Crippen molar-refractivity contribution in [2.45, 2.75) is 6.42 Å². The molecule has 0 spiro atoms. The van der Waals surface area contributed by atoms with Crippen molar-refractivity contribution in [3.05, 3.63) is 46.6 Å². The zero-order valence-corrected chi connectivity index (χ0v) is 10.9. The minimum absolute atomic E-state index is 0.0256. The Labute approximate surface area is 111 Å². The maximum absolute atomic E-state index is 10.9. The number of rotatable bonds is 2. The lowest BCUT2D eigenvalue weighted by atomic mass is 10.0. The number of aliphatic carboxylic acids is 1. The van der Waals surface area contributed by atoms with Gasteiger partial charge in [0.25, 0.3) is 0 Å². The molecule has 0 atom stereocenters. The van der Waals surface area contributed by atoms with E-state index >= 15 is 0 Å². The molecule has 3 nitrogen and oxygen atoms in total. The number of furan rings is 1. The van der Waals surface area contributed by atoms with E-state index in [2.05, 4.69) is 15.9 Å². The smallest absolute Gasteiger partial charge is 0.307 e. The molecule has 18 heavy (non-hydrogen) atoms. The molecule has 0 aliphatic carbocycles. The van der Waals surface area contributed by atoms with Crippen LogP contribution in [-0.2, 0) is 11.2 Å². The van der Waals surface area contributed by atoms with E-state index in [9.17, 15) is 4.79 Å². The first-order valence-corrected chi connectivity index (χ1v) is 6.24. The molecule has 0 saturated heterocycles. The Morgan fingerprint density at radius 2 is 2.11 bits per heavy atom. The second kappa shape index (κ2) is 4.14. The van der Waals surface area contributed by atoms with Crippen molar-refractivity contribution in [3.8, 4) is 0 Å². The number of carbonyl (C=O) groups is 1. The maximum atomic E-state index is 10.9. The highest BCUT2D eigenvalue weighted by Crippen LogP contribution is 2.31. The molecule has 2 aromatic carbocycles. The zero-order valence-electron chi connectivity index (χ0n) is 9.31. The van der Waals surface area contributed by atoms with Crippen molar-refractivity contribution in [1.29, 1.82) is 0 Å². The molecule has 0 amide bonds. The molecule has 1 heterocycles. The molecule has 4 heteroatoms. The summed E-state index contributed by atoms with van der Waals surface area (Å²) in [6.07, 6.45) is 1.50. The number of halogens is 1. The SMILES string of the molecule is O=C(O)Cc1coc2ccc3cc(Br)ccc3c12. The Bertz CT molecular complexity index is 758. The molecule has 0 bridgehead atoms. The molecule has 0 aliphatic heterocycles. The van der Waals surface area contributed by atoms with Crippen molar-refractivity contribution in [1.82, 2.24) is 0 Å². The maximum Gasteiger partial charge on any atom is 0.307 e. The topological polar surface area (TPSA) is 50.4 Å². The number of benzene rings is 2. The van der Waals surface area contributed by atoms with Gasteiger partial charge in [-0.3, -0.25) is 4.79 Å². The van der Waals surface area contributed by atoms with E-state index in [0.29, 0.717) is 5.56 Å². The van der Waals surface area contributed by atoms with Gasteiger partial charge in [-0.2, -0.15) is 0 Å². The third kappa shape index (κ3) is 1.78. The van der Waals surface area contributed by atoms with Crippen molar-refractivity contribution >= 4 is 43.6 Å². The van der Waals surface area contributed by atoms with Crippen LogP contribution in [-0.4, -0.2) is 11.1 Å². The average Bonchev–Trinajstić information content (AvgIpc) is 2.71. The van der Waals surface area contributed by atoms with E-state index in [1.807, 2.05) is 30.3 Å². The first-order valence-electron chi connectivity index (χ1n) is 5.45. The molecule has 1 aromatic heterocycles. The molecule has 0 saturated carbocycles. The van der Waals surface area contributed by atoms with Crippen LogP contribution in [0.4, 0.5) is 0 Å². The van der Waals surface area contributed by atoms with Crippen molar-refractivity contribution in [2.75, 3.05) is 0 Å². The monoisotopic (exact) mass is 304 g/mol. The fourth-order valence-electron chi connectivity index (χ4n) is 2.20. The lowest BCUT2D eigenvalue weighted by Crippen LogP contribution is -1.98. The first kappa shape index (κ1) is 11.3. The van der Waals surface area contributed by atoms with Crippen molar-refractivity contribution in [2.24, 2.45) is 0 Å². The van der Waals surface area contributed by atoms with E-state index in [1.54, 1.807) is 0 Å². The number of fused-ring (bicyclic) bond motifs is 3. The van der Waals surface area contributed by atoms with Crippen LogP contribution >= 0.6 is 15.9 Å². The van der Waals surface area contributed by atoms with Gasteiger partial charge in [-0.25, -0.2) is 0 Å². The molecule has 3 rings (SSSR count). The fourth-order valence-corrected chi connectivity index (χ4v) is 2.58. The number of hydrogen-bond acceptors (Lipinski definition) is 2. The Balaban J connectivity index is 2.36. The van der Waals surface area contributed by atoms with Crippen LogP contribution in [0.5, 0.6) is 0 Å². The summed E-state index contributed by atoms with van der Waals surface area (Å²) in [6.45, 7) is 0. The molecule has 0 unspecified atom stereocenters. The highest BCUT2D eigenvalue weighted by atomic mass is 79.9.